The predicted molar refractivity (Wildman–Crippen MR) is 204 cm³/mol. The van der Waals surface area contributed by atoms with Gasteiger partial charge in [0.1, 0.15) is 17.4 Å². The van der Waals surface area contributed by atoms with Gasteiger partial charge in [0.2, 0.25) is 0 Å². The number of ether oxygens (including phenoxy) is 1. The Labute approximate surface area is 292 Å². The Balaban J connectivity index is 1.17. The molecule has 6 nitrogen and oxygen atoms in total. The second-order valence-electron chi connectivity index (χ2n) is 13.0. The Morgan fingerprint density at radius 1 is 0.569 bits per heavy atom. The molecule has 2 aliphatic rings. The van der Waals surface area contributed by atoms with Crippen LogP contribution in [-0.2, 0) is 0 Å². The molecule has 1 aliphatic heterocycles. The number of furan rings is 1. The number of para-hydroxylation sites is 4. The van der Waals surface area contributed by atoms with Crippen LogP contribution in [0, 0.1) is 0 Å². The zero-order valence-electron chi connectivity index (χ0n) is 27.3. The summed E-state index contributed by atoms with van der Waals surface area (Å²) in [6.45, 7) is 0. The lowest BCUT2D eigenvalue weighted by molar-refractivity contribution is 0.279. The fourth-order valence-electron chi connectivity index (χ4n) is 7.97. The number of fused-ring (bicyclic) bond motifs is 9. The van der Waals surface area contributed by atoms with E-state index in [0.717, 1.165) is 78.7 Å². The number of aromatic nitrogens is 4. The molecule has 0 radical (unpaired) electrons. The minimum atomic E-state index is -0.0803. The van der Waals surface area contributed by atoms with Gasteiger partial charge >= 0.3 is 0 Å². The molecule has 9 aromatic rings. The fourth-order valence-corrected chi connectivity index (χ4v) is 7.97. The number of benzene rings is 6. The van der Waals surface area contributed by atoms with Gasteiger partial charge < -0.3 is 13.7 Å². The average Bonchev–Trinajstić information content (AvgIpc) is 3.88. The minimum absolute atomic E-state index is 0.0803. The van der Waals surface area contributed by atoms with Crippen LogP contribution in [0.5, 0.6) is 5.75 Å². The van der Waals surface area contributed by atoms with Crippen LogP contribution >= 0.6 is 0 Å². The molecule has 1 unspecified atom stereocenters. The van der Waals surface area contributed by atoms with Crippen molar-refractivity contribution in [1.82, 2.24) is 19.5 Å². The summed E-state index contributed by atoms with van der Waals surface area (Å²) in [6, 6.07) is 47.9. The third-order valence-corrected chi connectivity index (χ3v) is 10.2. The van der Waals surface area contributed by atoms with Crippen LogP contribution in [-0.4, -0.2) is 25.6 Å². The third-order valence-electron chi connectivity index (χ3n) is 10.2. The summed E-state index contributed by atoms with van der Waals surface area (Å²) in [6.07, 6.45) is 5.01. The van der Waals surface area contributed by atoms with Crippen LogP contribution in [0.15, 0.2) is 156 Å². The molecule has 240 valence electrons. The average molecular weight is 657 g/mol. The molecule has 0 N–H and O–H groups in total. The van der Waals surface area contributed by atoms with E-state index in [4.69, 9.17) is 24.1 Å². The summed E-state index contributed by atoms with van der Waals surface area (Å²) in [4.78, 5) is 15.5. The summed E-state index contributed by atoms with van der Waals surface area (Å²) >= 11 is 0. The van der Waals surface area contributed by atoms with E-state index in [9.17, 15) is 0 Å². The number of nitrogens with zero attached hydrogens (tertiary/aromatic N) is 4. The minimum Gasteiger partial charge on any atom is -0.485 e. The molecule has 4 heterocycles. The summed E-state index contributed by atoms with van der Waals surface area (Å²) < 4.78 is 15.5. The van der Waals surface area contributed by atoms with E-state index >= 15 is 0 Å². The van der Waals surface area contributed by atoms with E-state index < -0.39 is 0 Å². The molecule has 51 heavy (non-hydrogen) atoms. The molecule has 0 saturated carbocycles. The summed E-state index contributed by atoms with van der Waals surface area (Å²) in [5, 5.41) is 4.38. The topological polar surface area (TPSA) is 66.0 Å². The molecule has 0 fully saturated rings. The van der Waals surface area contributed by atoms with E-state index in [-0.39, 0.29) is 6.10 Å². The van der Waals surface area contributed by atoms with Crippen molar-refractivity contribution in [1.29, 1.82) is 0 Å². The monoisotopic (exact) mass is 656 g/mol. The quantitative estimate of drug-likeness (QED) is 0.189. The first-order valence-electron chi connectivity index (χ1n) is 17.2. The number of allylic oxidation sites excluding steroid dienone is 2. The van der Waals surface area contributed by atoms with Crippen molar-refractivity contribution in [3.63, 3.8) is 0 Å². The number of rotatable bonds is 4. The Kier molecular flexibility index (Phi) is 5.98. The van der Waals surface area contributed by atoms with Gasteiger partial charge in [-0.15, -0.1) is 0 Å². The van der Waals surface area contributed by atoms with Crippen molar-refractivity contribution in [2.75, 3.05) is 0 Å². The molecule has 0 saturated heterocycles. The molecule has 0 spiro atoms. The molecule has 0 amide bonds. The molecule has 11 rings (SSSR count). The lowest BCUT2D eigenvalue weighted by Crippen LogP contribution is -2.15. The third kappa shape index (κ3) is 4.20. The molecular weight excluding hydrogens is 629 g/mol. The van der Waals surface area contributed by atoms with Crippen molar-refractivity contribution < 1.29 is 9.15 Å². The summed E-state index contributed by atoms with van der Waals surface area (Å²) in [5.41, 5.74) is 9.80. The Morgan fingerprint density at radius 2 is 1.24 bits per heavy atom. The Bertz CT molecular complexity index is 2880. The molecule has 0 bridgehead atoms. The zero-order valence-corrected chi connectivity index (χ0v) is 27.3. The van der Waals surface area contributed by atoms with Crippen molar-refractivity contribution >= 4 is 54.9 Å². The maximum absolute atomic E-state index is 6.80. The normalized spacial score (nSPS) is 15.2. The zero-order chi connectivity index (χ0) is 33.5. The lowest BCUT2D eigenvalue weighted by Gasteiger charge is -2.18. The van der Waals surface area contributed by atoms with Gasteiger partial charge in [0, 0.05) is 55.8 Å². The Hall–Kier alpha value is -6.79. The van der Waals surface area contributed by atoms with Gasteiger partial charge in [0.25, 0.3) is 0 Å². The SMILES string of the molecule is C1=CC(c2nc(-c3ccccc3)nc(-c3cccc4oc5c(-n6c7ccccc7c7ccccc76)cccc5c34)n2)=C2c3ccccc3OC2C1. The highest BCUT2D eigenvalue weighted by molar-refractivity contribution is 6.15. The summed E-state index contributed by atoms with van der Waals surface area (Å²) in [7, 11) is 0. The van der Waals surface area contributed by atoms with Crippen LogP contribution in [0.2, 0.25) is 0 Å². The first-order valence-corrected chi connectivity index (χ1v) is 17.2. The van der Waals surface area contributed by atoms with Gasteiger partial charge in [-0.05, 0) is 30.3 Å². The fraction of sp³-hybridized carbons (Fsp3) is 0.0444. The van der Waals surface area contributed by atoms with Gasteiger partial charge in [0.05, 0.1) is 16.7 Å². The second-order valence-corrected chi connectivity index (χ2v) is 13.0. The highest BCUT2D eigenvalue weighted by Gasteiger charge is 2.33. The van der Waals surface area contributed by atoms with Gasteiger partial charge in [-0.2, -0.15) is 0 Å². The number of hydrogen-bond donors (Lipinski definition) is 0. The molecule has 3 aromatic heterocycles. The van der Waals surface area contributed by atoms with E-state index in [1.165, 1.54) is 10.8 Å². The highest BCUT2D eigenvalue weighted by atomic mass is 16.5. The van der Waals surface area contributed by atoms with E-state index in [1.807, 2.05) is 54.6 Å². The lowest BCUT2D eigenvalue weighted by atomic mass is 9.90. The predicted octanol–water partition coefficient (Wildman–Crippen LogP) is 10.8. The maximum atomic E-state index is 6.80. The molecule has 6 aromatic carbocycles. The summed E-state index contributed by atoms with van der Waals surface area (Å²) in [5.74, 6) is 2.71. The van der Waals surface area contributed by atoms with Gasteiger partial charge in [-0.1, -0.05) is 121 Å². The highest BCUT2D eigenvalue weighted by Crippen LogP contribution is 2.46. The van der Waals surface area contributed by atoms with Gasteiger partial charge in [-0.25, -0.2) is 15.0 Å². The molecule has 6 heteroatoms. The smallest absolute Gasteiger partial charge is 0.164 e. The molecular formula is C45H28N4O2. The largest absolute Gasteiger partial charge is 0.485 e. The second kappa shape index (κ2) is 10.9. The van der Waals surface area contributed by atoms with Crippen LogP contribution in [0.4, 0.5) is 0 Å². The maximum Gasteiger partial charge on any atom is 0.164 e. The number of hydrogen-bond acceptors (Lipinski definition) is 5. The van der Waals surface area contributed by atoms with Gasteiger partial charge in [-0.3, -0.25) is 0 Å². The first kappa shape index (κ1) is 28.1. The standard InChI is InChI=1S/C45H28N4O2/c1-2-13-27(14-3-1)43-46-44(32-19-11-25-38-40(32)30-17-6-9-24-37(30)50-38)48-45(47-43)33-20-12-26-39-41(33)31-18-10-23-36(42(31)51-39)49-34-21-7-4-15-28(34)29-16-5-8-22-35(29)49/h1-24,26,38H,25H2. The van der Waals surface area contributed by atoms with Crippen LogP contribution < -0.4 is 4.74 Å². The van der Waals surface area contributed by atoms with Crippen LogP contribution in [0.3, 0.4) is 0 Å². The van der Waals surface area contributed by atoms with Crippen LogP contribution in [0.25, 0.3) is 83.4 Å². The van der Waals surface area contributed by atoms with E-state index in [0.29, 0.717) is 17.5 Å². The van der Waals surface area contributed by atoms with Crippen molar-refractivity contribution in [2.24, 2.45) is 0 Å². The molecule has 1 atom stereocenters. The Morgan fingerprint density at radius 3 is 2.08 bits per heavy atom. The van der Waals surface area contributed by atoms with Crippen LogP contribution in [0.1, 0.15) is 17.8 Å². The van der Waals surface area contributed by atoms with Crippen molar-refractivity contribution in [3.05, 3.63) is 163 Å². The first-order chi connectivity index (χ1) is 25.3. The van der Waals surface area contributed by atoms with E-state index in [1.54, 1.807) is 0 Å². The van der Waals surface area contributed by atoms with Crippen molar-refractivity contribution in [3.8, 4) is 34.2 Å². The molecule has 1 aliphatic carbocycles. The van der Waals surface area contributed by atoms with E-state index in [2.05, 4.69) is 102 Å². The van der Waals surface area contributed by atoms with Gasteiger partial charge in [0.15, 0.2) is 23.1 Å². The van der Waals surface area contributed by atoms with Crippen molar-refractivity contribution in [2.45, 2.75) is 12.5 Å².